The van der Waals surface area contributed by atoms with Gasteiger partial charge >= 0.3 is 0 Å². The molecule has 5 nitrogen and oxygen atoms in total. The number of rotatable bonds is 2. The predicted molar refractivity (Wildman–Crippen MR) is 91.3 cm³/mol. The zero-order valence-electron chi connectivity index (χ0n) is 13.3. The summed E-state index contributed by atoms with van der Waals surface area (Å²) in [6.45, 7) is 6.87. The first-order valence-electron chi connectivity index (χ1n) is 7.28. The van der Waals surface area contributed by atoms with Crippen LogP contribution in [0.4, 0.5) is 0 Å². The van der Waals surface area contributed by atoms with E-state index in [2.05, 4.69) is 0 Å². The molecule has 1 aromatic carbocycles. The normalized spacial score (nSPS) is 17.3. The molecule has 1 aliphatic heterocycles. The summed E-state index contributed by atoms with van der Waals surface area (Å²) in [4.78, 5) is 14.1. The van der Waals surface area contributed by atoms with Crippen molar-refractivity contribution in [3.05, 3.63) is 28.2 Å². The second-order valence-corrected chi connectivity index (χ2v) is 9.27. The van der Waals surface area contributed by atoms with Crippen molar-refractivity contribution < 1.29 is 13.2 Å². The second kappa shape index (κ2) is 6.59. The van der Waals surface area contributed by atoms with Crippen molar-refractivity contribution in [2.75, 3.05) is 26.2 Å². The minimum absolute atomic E-state index is 0.0316. The topological polar surface area (TPSA) is 57.7 Å². The van der Waals surface area contributed by atoms with Crippen molar-refractivity contribution in [1.29, 1.82) is 0 Å². The molecule has 1 aliphatic rings. The molecule has 1 amide bonds. The number of hydrogen-bond acceptors (Lipinski definition) is 3. The van der Waals surface area contributed by atoms with Gasteiger partial charge in [-0.15, -0.1) is 0 Å². The molecular formula is C15H20Cl2N2O3S. The fraction of sp³-hybridized carbons (Fsp3) is 0.533. The van der Waals surface area contributed by atoms with Gasteiger partial charge in [0.25, 0.3) is 0 Å². The van der Waals surface area contributed by atoms with Gasteiger partial charge in [0.05, 0.1) is 14.9 Å². The van der Waals surface area contributed by atoms with Gasteiger partial charge in [-0.25, -0.2) is 8.42 Å². The average Bonchev–Trinajstić information content (AvgIpc) is 2.48. The van der Waals surface area contributed by atoms with Crippen LogP contribution in [0.5, 0.6) is 0 Å². The van der Waals surface area contributed by atoms with E-state index in [-0.39, 0.29) is 28.9 Å². The van der Waals surface area contributed by atoms with Crippen molar-refractivity contribution in [2.24, 2.45) is 5.41 Å². The molecule has 1 heterocycles. The summed E-state index contributed by atoms with van der Waals surface area (Å²) in [5.74, 6) is 0.0316. The van der Waals surface area contributed by atoms with Gasteiger partial charge in [0, 0.05) is 31.6 Å². The van der Waals surface area contributed by atoms with E-state index in [4.69, 9.17) is 23.2 Å². The molecule has 0 radical (unpaired) electrons. The highest BCUT2D eigenvalue weighted by molar-refractivity contribution is 7.89. The molecule has 0 aliphatic carbocycles. The van der Waals surface area contributed by atoms with E-state index < -0.39 is 15.4 Å². The van der Waals surface area contributed by atoms with Gasteiger partial charge in [0.1, 0.15) is 0 Å². The Kier molecular flexibility index (Phi) is 5.31. The molecule has 0 aromatic heterocycles. The van der Waals surface area contributed by atoms with E-state index in [1.807, 2.05) is 20.8 Å². The molecule has 2 rings (SSSR count). The molecule has 0 spiro atoms. The number of halogens is 2. The van der Waals surface area contributed by atoms with Crippen LogP contribution in [-0.2, 0) is 14.8 Å². The molecule has 1 aromatic rings. The quantitative estimate of drug-likeness (QED) is 0.794. The Balaban J connectivity index is 2.12. The van der Waals surface area contributed by atoms with Gasteiger partial charge in [-0.1, -0.05) is 44.0 Å². The van der Waals surface area contributed by atoms with Gasteiger partial charge in [-0.05, 0) is 18.2 Å². The number of amides is 1. The van der Waals surface area contributed by atoms with Gasteiger partial charge in [0.2, 0.25) is 15.9 Å². The lowest BCUT2D eigenvalue weighted by atomic mass is 9.94. The summed E-state index contributed by atoms with van der Waals surface area (Å²) in [6, 6.07) is 4.26. The Morgan fingerprint density at radius 2 is 1.61 bits per heavy atom. The monoisotopic (exact) mass is 378 g/mol. The molecule has 0 N–H and O–H groups in total. The fourth-order valence-electron chi connectivity index (χ4n) is 2.39. The standard InChI is InChI=1S/C15H20Cl2N2O3S/c1-15(2,3)14(20)18-6-8-19(9-7-18)23(21,22)11-4-5-12(16)13(17)10-11/h4-5,10H,6-9H2,1-3H3. The van der Waals surface area contributed by atoms with Crippen LogP contribution in [0.15, 0.2) is 23.1 Å². The molecule has 0 unspecified atom stereocenters. The predicted octanol–water partition coefficient (Wildman–Crippen LogP) is 2.87. The van der Waals surface area contributed by atoms with Gasteiger partial charge in [-0.2, -0.15) is 4.31 Å². The highest BCUT2D eigenvalue weighted by Gasteiger charge is 2.33. The molecule has 8 heteroatoms. The van der Waals surface area contributed by atoms with Crippen LogP contribution in [-0.4, -0.2) is 49.7 Å². The number of carbonyl (C=O) groups is 1. The number of piperazine rings is 1. The fourth-order valence-corrected chi connectivity index (χ4v) is 4.20. The van der Waals surface area contributed by atoms with Crippen LogP contribution < -0.4 is 0 Å². The molecule has 1 fully saturated rings. The second-order valence-electron chi connectivity index (χ2n) is 6.52. The van der Waals surface area contributed by atoms with E-state index in [1.165, 1.54) is 22.5 Å². The summed E-state index contributed by atoms with van der Waals surface area (Å²) < 4.78 is 26.7. The van der Waals surface area contributed by atoms with Crippen LogP contribution in [0.3, 0.4) is 0 Å². The zero-order valence-corrected chi connectivity index (χ0v) is 15.7. The molecule has 0 bridgehead atoms. The third kappa shape index (κ3) is 3.99. The van der Waals surface area contributed by atoms with Crippen LogP contribution in [0.2, 0.25) is 10.0 Å². The number of hydrogen-bond donors (Lipinski definition) is 0. The zero-order chi connectivity index (χ0) is 17.4. The van der Waals surface area contributed by atoms with E-state index in [0.717, 1.165) is 0 Å². The summed E-state index contributed by atoms with van der Waals surface area (Å²) in [5, 5.41) is 0.514. The smallest absolute Gasteiger partial charge is 0.243 e. The van der Waals surface area contributed by atoms with Crippen LogP contribution >= 0.6 is 23.2 Å². The first-order valence-corrected chi connectivity index (χ1v) is 9.47. The maximum Gasteiger partial charge on any atom is 0.243 e. The van der Waals surface area contributed by atoms with E-state index in [9.17, 15) is 13.2 Å². The Labute approximate surface area is 147 Å². The molecule has 128 valence electrons. The minimum Gasteiger partial charge on any atom is -0.340 e. The van der Waals surface area contributed by atoms with Gasteiger partial charge < -0.3 is 4.90 Å². The van der Waals surface area contributed by atoms with E-state index >= 15 is 0 Å². The number of sulfonamides is 1. The number of carbonyl (C=O) groups excluding carboxylic acids is 1. The van der Waals surface area contributed by atoms with Gasteiger partial charge in [-0.3, -0.25) is 4.79 Å². The van der Waals surface area contributed by atoms with Crippen molar-refractivity contribution >= 4 is 39.1 Å². The Morgan fingerprint density at radius 1 is 1.04 bits per heavy atom. The van der Waals surface area contributed by atoms with Crippen LogP contribution in [0, 0.1) is 5.41 Å². The van der Waals surface area contributed by atoms with Crippen LogP contribution in [0.25, 0.3) is 0 Å². The first-order chi connectivity index (χ1) is 10.5. The third-order valence-electron chi connectivity index (χ3n) is 3.70. The van der Waals surface area contributed by atoms with Crippen molar-refractivity contribution in [3.63, 3.8) is 0 Å². The average molecular weight is 379 g/mol. The SMILES string of the molecule is CC(C)(C)C(=O)N1CCN(S(=O)(=O)c2ccc(Cl)c(Cl)c2)CC1. The minimum atomic E-state index is -3.63. The Hall–Kier alpha value is -0.820. The first kappa shape index (κ1) is 18.5. The molecule has 1 saturated heterocycles. The molecule has 23 heavy (non-hydrogen) atoms. The van der Waals surface area contributed by atoms with E-state index in [1.54, 1.807) is 4.90 Å². The summed E-state index contributed by atoms with van der Waals surface area (Å²) in [5.41, 5.74) is -0.468. The highest BCUT2D eigenvalue weighted by Crippen LogP contribution is 2.27. The van der Waals surface area contributed by atoms with Crippen molar-refractivity contribution in [1.82, 2.24) is 9.21 Å². The Bertz CT molecular complexity index is 706. The molecule has 0 saturated carbocycles. The lowest BCUT2D eigenvalue weighted by molar-refractivity contribution is -0.140. The van der Waals surface area contributed by atoms with Gasteiger partial charge in [0.15, 0.2) is 0 Å². The van der Waals surface area contributed by atoms with Crippen molar-refractivity contribution in [3.8, 4) is 0 Å². The van der Waals surface area contributed by atoms with E-state index in [0.29, 0.717) is 18.1 Å². The molecular weight excluding hydrogens is 359 g/mol. The number of nitrogens with zero attached hydrogens (tertiary/aromatic N) is 2. The maximum atomic E-state index is 12.6. The largest absolute Gasteiger partial charge is 0.340 e. The summed E-state index contributed by atoms with van der Waals surface area (Å²) in [7, 11) is -3.63. The maximum absolute atomic E-state index is 12.6. The lowest BCUT2D eigenvalue weighted by Crippen LogP contribution is -2.52. The van der Waals surface area contributed by atoms with Crippen LogP contribution in [0.1, 0.15) is 20.8 Å². The lowest BCUT2D eigenvalue weighted by Gasteiger charge is -2.37. The van der Waals surface area contributed by atoms with Crippen molar-refractivity contribution in [2.45, 2.75) is 25.7 Å². The number of benzene rings is 1. The third-order valence-corrected chi connectivity index (χ3v) is 6.33. The summed E-state index contributed by atoms with van der Waals surface area (Å²) in [6.07, 6.45) is 0. The molecule has 0 atom stereocenters. The highest BCUT2D eigenvalue weighted by atomic mass is 35.5. The summed E-state index contributed by atoms with van der Waals surface area (Å²) >= 11 is 11.7. The Morgan fingerprint density at radius 3 is 2.09 bits per heavy atom.